The molecule has 0 atom stereocenters. The van der Waals surface area contributed by atoms with Gasteiger partial charge in [-0.3, -0.25) is 0 Å². The largest absolute Gasteiger partial charge is 0.456 e. The second-order valence-corrected chi connectivity index (χ2v) is 5.86. The van der Waals surface area contributed by atoms with E-state index in [2.05, 4.69) is 15.1 Å². The fourth-order valence-corrected chi connectivity index (χ4v) is 2.77. The van der Waals surface area contributed by atoms with Crippen molar-refractivity contribution in [2.45, 2.75) is 0 Å². The van der Waals surface area contributed by atoms with Crippen LogP contribution in [0.3, 0.4) is 0 Å². The number of anilines is 1. The summed E-state index contributed by atoms with van der Waals surface area (Å²) in [6.45, 7) is 0. The van der Waals surface area contributed by atoms with Crippen LogP contribution in [0.5, 0.6) is 0 Å². The number of furan rings is 1. The van der Waals surface area contributed by atoms with E-state index in [9.17, 15) is 0 Å². The third-order valence-corrected chi connectivity index (χ3v) is 4.02. The second kappa shape index (κ2) is 5.81. The summed E-state index contributed by atoms with van der Waals surface area (Å²) >= 11 is 0. The van der Waals surface area contributed by atoms with E-state index in [1.54, 1.807) is 0 Å². The normalized spacial score (nSPS) is 11.6. The second-order valence-electron chi connectivity index (χ2n) is 5.86. The lowest BCUT2D eigenvalue weighted by Crippen LogP contribution is -2.07. The summed E-state index contributed by atoms with van der Waals surface area (Å²) in [5.41, 5.74) is 4.47. The van der Waals surface area contributed by atoms with Crippen LogP contribution in [0.1, 0.15) is 0 Å². The molecule has 4 rings (SSSR count). The minimum atomic E-state index is 0.814. The van der Waals surface area contributed by atoms with E-state index in [-0.39, 0.29) is 0 Å². The van der Waals surface area contributed by atoms with E-state index in [4.69, 9.17) is 4.42 Å². The lowest BCUT2D eigenvalue weighted by Gasteiger charge is -2.11. The molecule has 0 aliphatic heterocycles. The highest BCUT2D eigenvalue weighted by atomic mass is 16.3. The summed E-state index contributed by atoms with van der Waals surface area (Å²) in [4.78, 5) is 2.05. The molecule has 0 fully saturated rings. The van der Waals surface area contributed by atoms with Crippen molar-refractivity contribution >= 4 is 39.0 Å². The Kier molecular flexibility index (Phi) is 3.50. The van der Waals surface area contributed by atoms with Crippen LogP contribution >= 0.6 is 0 Å². The van der Waals surface area contributed by atoms with Gasteiger partial charge in [0.1, 0.15) is 11.2 Å². The summed E-state index contributed by atoms with van der Waals surface area (Å²) in [5, 5.41) is 10.9. The first kappa shape index (κ1) is 14.5. The van der Waals surface area contributed by atoms with Gasteiger partial charge in [-0.1, -0.05) is 24.3 Å². The van der Waals surface area contributed by atoms with Crippen molar-refractivity contribution in [1.29, 1.82) is 0 Å². The van der Waals surface area contributed by atoms with Crippen molar-refractivity contribution < 1.29 is 4.42 Å². The zero-order valence-electron chi connectivity index (χ0n) is 13.6. The molecule has 4 aromatic rings. The third-order valence-electron chi connectivity index (χ3n) is 4.02. The molecule has 1 aromatic heterocycles. The van der Waals surface area contributed by atoms with Crippen molar-refractivity contribution in [3.05, 3.63) is 66.7 Å². The topological polar surface area (TPSA) is 41.1 Å². The highest BCUT2D eigenvalue weighted by Crippen LogP contribution is 2.36. The molecule has 24 heavy (non-hydrogen) atoms. The Morgan fingerprint density at radius 1 is 0.750 bits per heavy atom. The first-order valence-electron chi connectivity index (χ1n) is 7.82. The van der Waals surface area contributed by atoms with Crippen molar-refractivity contribution in [3.8, 4) is 0 Å². The lowest BCUT2D eigenvalue weighted by atomic mass is 10.1. The molecule has 3 aromatic carbocycles. The first-order chi connectivity index (χ1) is 11.7. The van der Waals surface area contributed by atoms with Gasteiger partial charge in [-0.05, 0) is 42.5 Å². The maximum absolute atomic E-state index is 5.88. The van der Waals surface area contributed by atoms with Gasteiger partial charge in [-0.15, -0.1) is 5.11 Å². The molecule has 118 valence electrons. The van der Waals surface area contributed by atoms with Crippen LogP contribution in [0.2, 0.25) is 0 Å². The molecule has 4 nitrogen and oxygen atoms in total. The maximum Gasteiger partial charge on any atom is 0.137 e. The molecular weight excluding hydrogens is 298 g/mol. The van der Waals surface area contributed by atoms with Crippen LogP contribution < -0.4 is 4.90 Å². The molecule has 1 heterocycles. The Labute approximate surface area is 140 Å². The molecule has 0 unspecified atom stereocenters. The van der Waals surface area contributed by atoms with Crippen molar-refractivity contribution in [1.82, 2.24) is 0 Å². The lowest BCUT2D eigenvalue weighted by molar-refractivity contribution is 0.669. The highest BCUT2D eigenvalue weighted by Gasteiger charge is 2.09. The van der Waals surface area contributed by atoms with Gasteiger partial charge >= 0.3 is 0 Å². The number of para-hydroxylation sites is 1. The molecule has 0 aliphatic carbocycles. The maximum atomic E-state index is 5.88. The molecule has 0 spiro atoms. The predicted octanol–water partition coefficient (Wildman–Crippen LogP) is 6.07. The van der Waals surface area contributed by atoms with E-state index in [0.29, 0.717) is 0 Å². The fraction of sp³-hybridized carbons (Fsp3) is 0.100. The number of fused-ring (bicyclic) bond motifs is 3. The van der Waals surface area contributed by atoms with Crippen molar-refractivity contribution in [2.75, 3.05) is 19.0 Å². The Morgan fingerprint density at radius 3 is 2.29 bits per heavy atom. The van der Waals surface area contributed by atoms with E-state index >= 15 is 0 Å². The zero-order valence-corrected chi connectivity index (χ0v) is 13.6. The van der Waals surface area contributed by atoms with Crippen LogP contribution in [0.4, 0.5) is 17.1 Å². The number of nitrogens with zero attached hydrogens (tertiary/aromatic N) is 3. The number of azo groups is 1. The molecule has 0 N–H and O–H groups in total. The quantitative estimate of drug-likeness (QED) is 0.431. The molecule has 0 bridgehead atoms. The van der Waals surface area contributed by atoms with Crippen LogP contribution in [0.25, 0.3) is 21.9 Å². The average Bonchev–Trinajstić information content (AvgIpc) is 2.99. The van der Waals surface area contributed by atoms with Gasteiger partial charge in [-0.25, -0.2) is 0 Å². The number of hydrogen-bond donors (Lipinski definition) is 0. The SMILES string of the molecule is CN(C)c1ccc(N=Nc2cccc3oc4ccccc4c23)cc1. The molecule has 0 radical (unpaired) electrons. The van der Waals surface area contributed by atoms with Gasteiger partial charge in [0, 0.05) is 25.2 Å². The van der Waals surface area contributed by atoms with Crippen LogP contribution in [0, 0.1) is 0 Å². The average molecular weight is 315 g/mol. The third kappa shape index (κ3) is 2.52. The smallest absolute Gasteiger partial charge is 0.137 e. The Hall–Kier alpha value is -3.14. The molecule has 0 aliphatic rings. The van der Waals surface area contributed by atoms with Gasteiger partial charge in [-0.2, -0.15) is 5.11 Å². The zero-order chi connectivity index (χ0) is 16.5. The molecule has 0 amide bonds. The van der Waals surface area contributed by atoms with Crippen LogP contribution in [-0.4, -0.2) is 14.1 Å². The first-order valence-corrected chi connectivity index (χ1v) is 7.82. The van der Waals surface area contributed by atoms with Gasteiger partial charge in [0.25, 0.3) is 0 Å². The van der Waals surface area contributed by atoms with E-state index in [1.807, 2.05) is 80.8 Å². The van der Waals surface area contributed by atoms with Crippen LogP contribution in [0.15, 0.2) is 81.4 Å². The van der Waals surface area contributed by atoms with Gasteiger partial charge in [0.15, 0.2) is 0 Å². The Balaban J connectivity index is 1.76. The summed E-state index contributed by atoms with van der Waals surface area (Å²) in [6, 6.07) is 21.8. The number of rotatable bonds is 3. The summed E-state index contributed by atoms with van der Waals surface area (Å²) in [5.74, 6) is 0. The standard InChI is InChI=1S/C20H17N3O/c1-23(2)15-12-10-14(11-13-15)21-22-17-7-5-9-19-20(17)16-6-3-4-8-18(16)24-19/h3-13H,1-2H3. The van der Waals surface area contributed by atoms with Gasteiger partial charge < -0.3 is 9.32 Å². The van der Waals surface area contributed by atoms with Gasteiger partial charge in [0.2, 0.25) is 0 Å². The van der Waals surface area contributed by atoms with E-state index < -0.39 is 0 Å². The van der Waals surface area contributed by atoms with E-state index in [1.165, 1.54) is 0 Å². The fourth-order valence-electron chi connectivity index (χ4n) is 2.77. The molecule has 0 saturated heterocycles. The monoisotopic (exact) mass is 315 g/mol. The number of hydrogen-bond acceptors (Lipinski definition) is 4. The highest BCUT2D eigenvalue weighted by molar-refractivity contribution is 6.10. The predicted molar refractivity (Wildman–Crippen MR) is 98.7 cm³/mol. The van der Waals surface area contributed by atoms with Crippen molar-refractivity contribution in [2.24, 2.45) is 10.2 Å². The number of benzene rings is 3. The van der Waals surface area contributed by atoms with E-state index in [0.717, 1.165) is 39.0 Å². The van der Waals surface area contributed by atoms with Crippen molar-refractivity contribution in [3.63, 3.8) is 0 Å². The Morgan fingerprint density at radius 2 is 1.50 bits per heavy atom. The van der Waals surface area contributed by atoms with Crippen LogP contribution in [-0.2, 0) is 0 Å². The Bertz CT molecular complexity index is 1030. The summed E-state index contributed by atoms with van der Waals surface area (Å²) < 4.78 is 5.88. The van der Waals surface area contributed by atoms with Gasteiger partial charge in [0.05, 0.1) is 16.8 Å². The molecular formula is C20H17N3O. The summed E-state index contributed by atoms with van der Waals surface area (Å²) in [6.07, 6.45) is 0. The molecule has 4 heteroatoms. The minimum absolute atomic E-state index is 0.814. The summed E-state index contributed by atoms with van der Waals surface area (Å²) in [7, 11) is 4.03. The molecule has 0 saturated carbocycles. The minimum Gasteiger partial charge on any atom is -0.456 e.